The van der Waals surface area contributed by atoms with Gasteiger partial charge < -0.3 is 10.6 Å². The van der Waals surface area contributed by atoms with Gasteiger partial charge in [0.2, 0.25) is 0 Å². The SMILES string of the molecule is O=C(Nc1cc[c]cc1)Nc1ccc(Cl)c(C(F)(F)F)c1. The van der Waals surface area contributed by atoms with Gasteiger partial charge in [-0.3, -0.25) is 0 Å². The number of carbonyl (C=O) groups is 1. The van der Waals surface area contributed by atoms with Gasteiger partial charge in [0.15, 0.2) is 0 Å². The number of anilines is 2. The molecule has 0 aliphatic carbocycles. The predicted molar refractivity (Wildman–Crippen MR) is 74.4 cm³/mol. The zero-order valence-electron chi connectivity index (χ0n) is 10.5. The van der Waals surface area contributed by atoms with E-state index in [2.05, 4.69) is 16.7 Å². The average molecular weight is 314 g/mol. The zero-order valence-corrected chi connectivity index (χ0v) is 11.2. The molecule has 2 rings (SSSR count). The monoisotopic (exact) mass is 313 g/mol. The first-order chi connectivity index (χ1) is 9.86. The van der Waals surface area contributed by atoms with Crippen molar-refractivity contribution < 1.29 is 18.0 Å². The van der Waals surface area contributed by atoms with Crippen molar-refractivity contribution in [3.63, 3.8) is 0 Å². The normalized spacial score (nSPS) is 11.0. The van der Waals surface area contributed by atoms with E-state index >= 15 is 0 Å². The summed E-state index contributed by atoms with van der Waals surface area (Å²) < 4.78 is 38.1. The van der Waals surface area contributed by atoms with Crippen LogP contribution < -0.4 is 10.6 Å². The Hall–Kier alpha value is -2.21. The Morgan fingerprint density at radius 1 is 1.05 bits per heavy atom. The summed E-state index contributed by atoms with van der Waals surface area (Å²) in [5.74, 6) is 0. The molecule has 0 aromatic heterocycles. The number of rotatable bonds is 2. The molecule has 0 aliphatic rings. The first-order valence-corrected chi connectivity index (χ1v) is 6.15. The van der Waals surface area contributed by atoms with Gasteiger partial charge in [0.1, 0.15) is 0 Å². The summed E-state index contributed by atoms with van der Waals surface area (Å²) >= 11 is 5.50. The lowest BCUT2D eigenvalue weighted by molar-refractivity contribution is -0.137. The van der Waals surface area contributed by atoms with Gasteiger partial charge in [0.05, 0.1) is 10.6 Å². The minimum absolute atomic E-state index is 0.00767. The average Bonchev–Trinajstić information content (AvgIpc) is 2.41. The molecule has 0 bridgehead atoms. The second kappa shape index (κ2) is 6.05. The topological polar surface area (TPSA) is 41.1 Å². The van der Waals surface area contributed by atoms with E-state index in [1.165, 1.54) is 6.07 Å². The Labute approximate surface area is 123 Å². The van der Waals surface area contributed by atoms with E-state index in [9.17, 15) is 18.0 Å². The van der Waals surface area contributed by atoms with Crippen LogP contribution in [-0.2, 0) is 6.18 Å². The maximum absolute atomic E-state index is 12.7. The molecule has 0 saturated carbocycles. The maximum Gasteiger partial charge on any atom is 0.417 e. The molecule has 0 unspecified atom stereocenters. The van der Waals surface area contributed by atoms with Gasteiger partial charge in [-0.1, -0.05) is 23.7 Å². The van der Waals surface area contributed by atoms with Crippen molar-refractivity contribution in [1.82, 2.24) is 0 Å². The Morgan fingerprint density at radius 3 is 2.29 bits per heavy atom. The predicted octanol–water partition coefficient (Wildman–Crippen LogP) is 4.80. The summed E-state index contributed by atoms with van der Waals surface area (Å²) in [6.45, 7) is 0. The first-order valence-electron chi connectivity index (χ1n) is 5.77. The number of nitrogens with one attached hydrogen (secondary N) is 2. The van der Waals surface area contributed by atoms with Gasteiger partial charge in [-0.25, -0.2) is 4.79 Å². The lowest BCUT2D eigenvalue weighted by Gasteiger charge is -2.12. The summed E-state index contributed by atoms with van der Waals surface area (Å²) in [5.41, 5.74) is -0.515. The Bertz CT molecular complexity index is 644. The number of carbonyl (C=O) groups excluding carboxylic acids is 1. The second-order valence-corrected chi connectivity index (χ2v) is 4.47. The minimum atomic E-state index is -4.58. The van der Waals surface area contributed by atoms with Crippen molar-refractivity contribution in [2.24, 2.45) is 0 Å². The molecule has 0 fully saturated rings. The van der Waals surface area contributed by atoms with Crippen LogP contribution in [0.1, 0.15) is 5.56 Å². The second-order valence-electron chi connectivity index (χ2n) is 4.06. The van der Waals surface area contributed by atoms with Crippen molar-refractivity contribution in [2.45, 2.75) is 6.18 Å². The summed E-state index contributed by atoms with van der Waals surface area (Å²) in [6.07, 6.45) is -4.58. The fraction of sp³-hybridized carbons (Fsp3) is 0.0714. The third kappa shape index (κ3) is 4.13. The number of amides is 2. The highest BCUT2D eigenvalue weighted by atomic mass is 35.5. The number of halogens is 4. The van der Waals surface area contributed by atoms with E-state index < -0.39 is 22.8 Å². The largest absolute Gasteiger partial charge is 0.417 e. The van der Waals surface area contributed by atoms with E-state index in [1.54, 1.807) is 24.3 Å². The molecular weight excluding hydrogens is 305 g/mol. The van der Waals surface area contributed by atoms with Gasteiger partial charge in [0.25, 0.3) is 0 Å². The Kier molecular flexibility index (Phi) is 4.37. The first kappa shape index (κ1) is 15.2. The quantitative estimate of drug-likeness (QED) is 0.821. The molecule has 0 saturated heterocycles. The Morgan fingerprint density at radius 2 is 1.67 bits per heavy atom. The van der Waals surface area contributed by atoms with E-state index in [0.717, 1.165) is 12.1 Å². The van der Waals surface area contributed by atoms with Gasteiger partial charge >= 0.3 is 12.2 Å². The molecule has 7 heteroatoms. The van der Waals surface area contributed by atoms with Gasteiger partial charge in [0, 0.05) is 11.4 Å². The molecule has 0 aliphatic heterocycles. The molecule has 2 N–H and O–H groups in total. The van der Waals surface area contributed by atoms with Gasteiger partial charge in [-0.05, 0) is 36.4 Å². The molecule has 109 valence electrons. The van der Waals surface area contributed by atoms with Crippen LogP contribution in [0.3, 0.4) is 0 Å². The summed E-state index contributed by atoms with van der Waals surface area (Å²) in [6, 6.07) is 11.7. The lowest BCUT2D eigenvalue weighted by atomic mass is 10.2. The van der Waals surface area contributed by atoms with E-state index in [-0.39, 0.29) is 5.69 Å². The molecule has 2 amide bonds. The standard InChI is InChI=1S/C14H9ClF3N2O/c15-12-7-6-10(8-11(12)14(16,17)18)20-13(21)19-9-4-2-1-3-5-9/h2-8H,(H2,19,20,21). The van der Waals surface area contributed by atoms with Crippen LogP contribution in [0, 0.1) is 6.07 Å². The lowest BCUT2D eigenvalue weighted by Crippen LogP contribution is -2.19. The third-order valence-electron chi connectivity index (χ3n) is 2.51. The molecule has 0 atom stereocenters. The number of alkyl halides is 3. The van der Waals surface area contributed by atoms with E-state index in [1.807, 2.05) is 0 Å². The van der Waals surface area contributed by atoms with Crippen molar-refractivity contribution in [3.05, 3.63) is 59.1 Å². The number of hydrogen-bond acceptors (Lipinski definition) is 1. The van der Waals surface area contributed by atoms with Crippen molar-refractivity contribution in [2.75, 3.05) is 10.6 Å². The molecule has 21 heavy (non-hydrogen) atoms. The van der Waals surface area contributed by atoms with Crippen LogP contribution >= 0.6 is 11.6 Å². The number of hydrogen-bond donors (Lipinski definition) is 2. The van der Waals surface area contributed by atoms with Crippen molar-refractivity contribution in [1.29, 1.82) is 0 Å². The maximum atomic E-state index is 12.7. The van der Waals surface area contributed by atoms with Crippen LogP contribution in [0.25, 0.3) is 0 Å². The smallest absolute Gasteiger partial charge is 0.308 e. The molecule has 2 aromatic rings. The van der Waals surface area contributed by atoms with Crippen LogP contribution in [0.4, 0.5) is 29.3 Å². The number of benzene rings is 2. The van der Waals surface area contributed by atoms with Crippen LogP contribution in [0.2, 0.25) is 5.02 Å². The Balaban J connectivity index is 2.11. The fourth-order valence-corrected chi connectivity index (χ4v) is 1.81. The highest BCUT2D eigenvalue weighted by Gasteiger charge is 2.33. The highest BCUT2D eigenvalue weighted by Crippen LogP contribution is 2.36. The molecule has 2 aromatic carbocycles. The van der Waals surface area contributed by atoms with Crippen LogP contribution in [0.5, 0.6) is 0 Å². The fourth-order valence-electron chi connectivity index (χ4n) is 1.58. The molecular formula is C14H9ClF3N2O. The van der Waals surface area contributed by atoms with E-state index in [4.69, 9.17) is 11.6 Å². The summed E-state index contributed by atoms with van der Waals surface area (Å²) in [4.78, 5) is 11.7. The van der Waals surface area contributed by atoms with Gasteiger partial charge in [-0.2, -0.15) is 13.2 Å². The molecule has 3 nitrogen and oxygen atoms in total. The van der Waals surface area contributed by atoms with Crippen molar-refractivity contribution in [3.8, 4) is 0 Å². The van der Waals surface area contributed by atoms with Gasteiger partial charge in [-0.15, -0.1) is 0 Å². The van der Waals surface area contributed by atoms with Crippen LogP contribution in [0.15, 0.2) is 42.5 Å². The zero-order chi connectivity index (χ0) is 15.5. The summed E-state index contributed by atoms with van der Waals surface area (Å²) in [7, 11) is 0. The number of urea groups is 1. The van der Waals surface area contributed by atoms with Crippen molar-refractivity contribution >= 4 is 29.0 Å². The molecule has 0 spiro atoms. The highest BCUT2D eigenvalue weighted by molar-refractivity contribution is 6.31. The molecule has 1 radical (unpaired) electrons. The van der Waals surface area contributed by atoms with E-state index in [0.29, 0.717) is 5.69 Å². The molecule has 0 heterocycles. The third-order valence-corrected chi connectivity index (χ3v) is 2.84. The summed E-state index contributed by atoms with van der Waals surface area (Å²) in [5, 5.41) is 4.37. The minimum Gasteiger partial charge on any atom is -0.308 e. The van der Waals surface area contributed by atoms with Crippen LogP contribution in [-0.4, -0.2) is 6.03 Å².